The van der Waals surface area contributed by atoms with Crippen molar-refractivity contribution in [1.29, 1.82) is 0 Å². The van der Waals surface area contributed by atoms with Gasteiger partial charge in [-0.15, -0.1) is 0 Å². The molecular weight excluding hydrogens is 224 g/mol. The first-order chi connectivity index (χ1) is 8.82. The van der Waals surface area contributed by atoms with E-state index in [1.54, 1.807) is 7.11 Å². The average Bonchev–Trinajstić information content (AvgIpc) is 2.96. The van der Waals surface area contributed by atoms with E-state index in [9.17, 15) is 0 Å². The summed E-state index contributed by atoms with van der Waals surface area (Å²) in [6.07, 6.45) is 6.12. The maximum absolute atomic E-state index is 5.18. The molecule has 3 heteroatoms. The molecule has 1 heterocycles. The van der Waals surface area contributed by atoms with Gasteiger partial charge in [-0.1, -0.05) is 18.6 Å². The summed E-state index contributed by atoms with van der Waals surface area (Å²) in [5.41, 5.74) is 1.55. The zero-order valence-electron chi connectivity index (χ0n) is 10.9. The first-order valence-corrected chi connectivity index (χ1v) is 6.84. The fraction of sp³-hybridized carbons (Fsp3) is 0.600. The van der Waals surface area contributed by atoms with Crippen LogP contribution in [0.4, 0.5) is 0 Å². The lowest BCUT2D eigenvalue weighted by atomic mass is 9.83. The summed E-state index contributed by atoms with van der Waals surface area (Å²) >= 11 is 0. The van der Waals surface area contributed by atoms with Gasteiger partial charge in [-0.3, -0.25) is 0 Å². The number of hydrogen-bond donors (Lipinski definition) is 0. The second-order valence-electron chi connectivity index (χ2n) is 5.46. The van der Waals surface area contributed by atoms with E-state index in [1.807, 2.05) is 12.1 Å². The lowest BCUT2D eigenvalue weighted by molar-refractivity contribution is 0.340. The minimum absolute atomic E-state index is 0.180. The summed E-state index contributed by atoms with van der Waals surface area (Å²) in [5.74, 6) is 1.65. The lowest BCUT2D eigenvalue weighted by Gasteiger charge is -2.24. The Kier molecular flexibility index (Phi) is 3.06. The predicted molar refractivity (Wildman–Crippen MR) is 71.1 cm³/mol. The van der Waals surface area contributed by atoms with Crippen molar-refractivity contribution in [2.45, 2.75) is 37.6 Å². The van der Waals surface area contributed by atoms with Gasteiger partial charge in [0.25, 0.3) is 0 Å². The molecule has 18 heavy (non-hydrogen) atoms. The van der Waals surface area contributed by atoms with Gasteiger partial charge in [0, 0.05) is 5.92 Å². The lowest BCUT2D eigenvalue weighted by Crippen LogP contribution is -2.29. The van der Waals surface area contributed by atoms with E-state index in [-0.39, 0.29) is 5.54 Å². The van der Waals surface area contributed by atoms with Gasteiger partial charge in [0.05, 0.1) is 19.2 Å². The van der Waals surface area contributed by atoms with Crippen molar-refractivity contribution in [2.24, 2.45) is 16.1 Å². The molecule has 3 nitrogen and oxygen atoms in total. The quantitative estimate of drug-likeness (QED) is 0.796. The zero-order valence-corrected chi connectivity index (χ0v) is 10.9. The van der Waals surface area contributed by atoms with E-state index >= 15 is 0 Å². The largest absolute Gasteiger partial charge is 0.497 e. The van der Waals surface area contributed by atoms with Crippen LogP contribution in [0.2, 0.25) is 0 Å². The Morgan fingerprint density at radius 1 is 1.33 bits per heavy atom. The van der Waals surface area contributed by atoms with Crippen LogP contribution in [0.1, 0.15) is 31.2 Å². The molecule has 0 spiro atoms. The molecule has 0 aromatic heterocycles. The number of azo groups is 1. The number of fused-ring (bicyclic) bond motifs is 1. The fourth-order valence-corrected chi connectivity index (χ4v) is 3.33. The molecule has 1 aliphatic heterocycles. The molecule has 0 bridgehead atoms. The molecule has 1 aromatic rings. The Morgan fingerprint density at radius 3 is 2.94 bits per heavy atom. The van der Waals surface area contributed by atoms with Crippen molar-refractivity contribution < 1.29 is 4.74 Å². The second kappa shape index (κ2) is 4.71. The number of hydrogen-bond acceptors (Lipinski definition) is 3. The molecule has 3 rings (SSSR count). The van der Waals surface area contributed by atoms with E-state index in [0.29, 0.717) is 0 Å². The minimum atomic E-state index is 0.180. The molecule has 0 radical (unpaired) electrons. The van der Waals surface area contributed by atoms with Crippen molar-refractivity contribution in [3.05, 3.63) is 29.8 Å². The van der Waals surface area contributed by atoms with Gasteiger partial charge in [0.1, 0.15) is 5.75 Å². The Morgan fingerprint density at radius 2 is 2.17 bits per heavy atom. The van der Waals surface area contributed by atoms with Gasteiger partial charge in [-0.2, -0.15) is 10.2 Å². The smallest absolute Gasteiger partial charge is 0.118 e. The summed E-state index contributed by atoms with van der Waals surface area (Å²) in [6.45, 7) is 0.961. The molecule has 1 aliphatic carbocycles. The normalized spacial score (nSPS) is 29.5. The van der Waals surface area contributed by atoms with Crippen molar-refractivity contribution in [3.8, 4) is 5.75 Å². The third-order valence-electron chi connectivity index (χ3n) is 4.50. The molecule has 2 atom stereocenters. The van der Waals surface area contributed by atoms with E-state index in [4.69, 9.17) is 4.74 Å². The highest BCUT2D eigenvalue weighted by molar-refractivity contribution is 5.27. The van der Waals surface area contributed by atoms with Crippen molar-refractivity contribution in [3.63, 3.8) is 0 Å². The minimum Gasteiger partial charge on any atom is -0.497 e. The molecule has 0 amide bonds. The number of nitrogens with zero attached hydrogens (tertiary/aromatic N) is 2. The fourth-order valence-electron chi connectivity index (χ4n) is 3.33. The standard InChI is InChI=1S/C15H20N2O/c1-18-14-6-4-12(5-7-14)8-10-15-9-2-3-13(15)11-16-17-15/h4-7,13H,2-3,8-11H2,1H3/t13?,15-/m0/s1. The molecule has 0 N–H and O–H groups in total. The van der Waals surface area contributed by atoms with Gasteiger partial charge in [0.2, 0.25) is 0 Å². The van der Waals surface area contributed by atoms with Crippen molar-refractivity contribution in [2.75, 3.05) is 13.7 Å². The summed E-state index contributed by atoms with van der Waals surface area (Å²) < 4.78 is 5.18. The molecule has 96 valence electrons. The van der Waals surface area contributed by atoms with Crippen LogP contribution in [0, 0.1) is 5.92 Å². The SMILES string of the molecule is COc1ccc(CC[C@@]23CCCC2CN=N3)cc1. The first-order valence-electron chi connectivity index (χ1n) is 6.84. The summed E-state index contributed by atoms with van der Waals surface area (Å²) in [7, 11) is 1.70. The molecule has 0 saturated heterocycles. The van der Waals surface area contributed by atoms with Crippen LogP contribution >= 0.6 is 0 Å². The first kappa shape index (κ1) is 11.7. The number of methoxy groups -OCH3 is 1. The number of benzene rings is 1. The third kappa shape index (κ3) is 2.02. The molecule has 1 fully saturated rings. The summed E-state index contributed by atoms with van der Waals surface area (Å²) in [6, 6.07) is 8.39. The van der Waals surface area contributed by atoms with Gasteiger partial charge in [0.15, 0.2) is 0 Å². The van der Waals surface area contributed by atoms with Crippen molar-refractivity contribution >= 4 is 0 Å². The highest BCUT2D eigenvalue weighted by Crippen LogP contribution is 2.45. The Balaban J connectivity index is 1.65. The zero-order chi connectivity index (χ0) is 12.4. The van der Waals surface area contributed by atoms with E-state index in [2.05, 4.69) is 22.4 Å². The summed E-state index contributed by atoms with van der Waals surface area (Å²) in [4.78, 5) is 0. The monoisotopic (exact) mass is 244 g/mol. The second-order valence-corrected chi connectivity index (χ2v) is 5.46. The average molecular weight is 244 g/mol. The topological polar surface area (TPSA) is 34.0 Å². The molecule has 1 aromatic carbocycles. The van der Waals surface area contributed by atoms with Gasteiger partial charge >= 0.3 is 0 Å². The van der Waals surface area contributed by atoms with Crippen LogP contribution in [-0.2, 0) is 6.42 Å². The van der Waals surface area contributed by atoms with Crippen molar-refractivity contribution in [1.82, 2.24) is 0 Å². The molecule has 1 unspecified atom stereocenters. The third-order valence-corrected chi connectivity index (χ3v) is 4.50. The number of aryl methyl sites for hydroxylation is 1. The van der Waals surface area contributed by atoms with E-state index in [1.165, 1.54) is 24.8 Å². The van der Waals surface area contributed by atoms with Gasteiger partial charge in [-0.25, -0.2) is 0 Å². The molecule has 2 aliphatic rings. The van der Waals surface area contributed by atoms with Gasteiger partial charge < -0.3 is 4.74 Å². The van der Waals surface area contributed by atoms with Crippen LogP contribution in [0.3, 0.4) is 0 Å². The van der Waals surface area contributed by atoms with E-state index < -0.39 is 0 Å². The molecular formula is C15H20N2O. The Bertz CT molecular complexity index is 440. The highest BCUT2D eigenvalue weighted by Gasteiger charge is 2.45. The van der Waals surface area contributed by atoms with Crippen LogP contribution in [0.25, 0.3) is 0 Å². The maximum Gasteiger partial charge on any atom is 0.118 e. The number of ether oxygens (including phenoxy) is 1. The van der Waals surface area contributed by atoms with Crippen LogP contribution < -0.4 is 4.74 Å². The molecule has 1 saturated carbocycles. The van der Waals surface area contributed by atoms with Crippen LogP contribution in [-0.4, -0.2) is 19.2 Å². The summed E-state index contributed by atoms with van der Waals surface area (Å²) in [5, 5.41) is 8.86. The van der Waals surface area contributed by atoms with Gasteiger partial charge in [-0.05, 0) is 43.4 Å². The Labute approximate surface area is 108 Å². The number of rotatable bonds is 4. The highest BCUT2D eigenvalue weighted by atomic mass is 16.5. The predicted octanol–water partition coefficient (Wildman–Crippen LogP) is 3.63. The van der Waals surface area contributed by atoms with E-state index in [0.717, 1.165) is 31.1 Å². The Hall–Kier alpha value is -1.38. The van der Waals surface area contributed by atoms with Crippen LogP contribution in [0.15, 0.2) is 34.5 Å². The maximum atomic E-state index is 5.18. The van der Waals surface area contributed by atoms with Crippen LogP contribution in [0.5, 0.6) is 5.75 Å².